The predicted octanol–water partition coefficient (Wildman–Crippen LogP) is 8.52. The zero-order chi connectivity index (χ0) is 27.2. The highest BCUT2D eigenvalue weighted by Gasteiger charge is 2.32. The van der Waals surface area contributed by atoms with Crippen molar-refractivity contribution in [2.24, 2.45) is 17.8 Å². The molecule has 1 aromatic carbocycles. The molecule has 1 aromatic rings. The smallest absolute Gasteiger partial charge is 0.163 e. The molecule has 2 aliphatic rings. The van der Waals surface area contributed by atoms with Crippen LogP contribution in [-0.4, -0.2) is 17.3 Å². The Hall–Kier alpha value is -2.81. The van der Waals surface area contributed by atoms with Crippen molar-refractivity contribution in [2.75, 3.05) is 0 Å². The summed E-state index contributed by atoms with van der Waals surface area (Å²) in [7, 11) is 0. The van der Waals surface area contributed by atoms with Crippen LogP contribution >= 0.6 is 0 Å². The lowest BCUT2D eigenvalue weighted by Crippen LogP contribution is -2.29. The van der Waals surface area contributed by atoms with E-state index in [1.54, 1.807) is 0 Å². The highest BCUT2D eigenvalue weighted by molar-refractivity contribution is 6.00. The number of benzene rings is 1. The van der Waals surface area contributed by atoms with E-state index >= 15 is 0 Å². The Morgan fingerprint density at radius 1 is 1.00 bits per heavy atom. The molecule has 3 unspecified atom stereocenters. The lowest BCUT2D eigenvalue weighted by Gasteiger charge is -2.31. The van der Waals surface area contributed by atoms with E-state index in [9.17, 15) is 14.4 Å². The molecule has 0 amide bonds. The molecule has 0 radical (unpaired) electrons. The van der Waals surface area contributed by atoms with Crippen LogP contribution in [0.15, 0.2) is 66.3 Å². The van der Waals surface area contributed by atoms with Gasteiger partial charge in [0.15, 0.2) is 5.78 Å². The van der Waals surface area contributed by atoms with E-state index < -0.39 is 0 Å². The Kier molecular flexibility index (Phi) is 13.3. The van der Waals surface area contributed by atoms with Gasteiger partial charge in [-0.1, -0.05) is 93.0 Å². The summed E-state index contributed by atoms with van der Waals surface area (Å²) in [5.74, 6) is 0.770. The third-order valence-corrected chi connectivity index (χ3v) is 7.37. The first-order chi connectivity index (χ1) is 17.8. The third-order valence-electron chi connectivity index (χ3n) is 7.37. The molecule has 0 heterocycles. The van der Waals surface area contributed by atoms with E-state index in [-0.39, 0.29) is 35.6 Å². The van der Waals surface area contributed by atoms with Crippen LogP contribution < -0.4 is 0 Å². The van der Waals surface area contributed by atoms with Crippen LogP contribution in [0.25, 0.3) is 0 Å². The van der Waals surface area contributed by atoms with Crippen LogP contribution in [0, 0.1) is 24.7 Å². The van der Waals surface area contributed by atoms with Gasteiger partial charge in [-0.25, -0.2) is 0 Å². The molecular weight excluding hydrogens is 456 g/mol. The minimum Gasteiger partial charge on any atom is -0.300 e. The summed E-state index contributed by atoms with van der Waals surface area (Å²) in [5, 5.41) is 0. The average molecular weight is 503 g/mol. The number of ketones is 3. The lowest BCUT2D eigenvalue weighted by atomic mass is 9.72. The molecule has 3 heteroatoms. The number of carbonyl (C=O) groups is 3. The van der Waals surface area contributed by atoms with Crippen molar-refractivity contribution in [1.82, 2.24) is 0 Å². The number of aryl methyl sites for hydroxylation is 1. The van der Waals surface area contributed by atoms with E-state index in [1.807, 2.05) is 26.0 Å². The topological polar surface area (TPSA) is 51.2 Å². The van der Waals surface area contributed by atoms with E-state index in [4.69, 9.17) is 0 Å². The van der Waals surface area contributed by atoms with Gasteiger partial charge in [-0.05, 0) is 75.8 Å². The van der Waals surface area contributed by atoms with Gasteiger partial charge in [-0.2, -0.15) is 0 Å². The van der Waals surface area contributed by atoms with Gasteiger partial charge in [0.2, 0.25) is 0 Å². The number of hydrogen-bond acceptors (Lipinski definition) is 3. The molecule has 3 rings (SSSR count). The highest BCUT2D eigenvalue weighted by atomic mass is 16.1. The minimum atomic E-state index is -0.0622. The lowest BCUT2D eigenvalue weighted by molar-refractivity contribution is -0.129. The fraction of sp³-hybridized carbons (Fsp3) is 0.500. The maximum absolute atomic E-state index is 12.7. The Balaban J connectivity index is 0.000000364. The molecule has 200 valence electrons. The van der Waals surface area contributed by atoms with E-state index in [1.165, 1.54) is 12.5 Å². The monoisotopic (exact) mass is 502 g/mol. The van der Waals surface area contributed by atoms with Crippen molar-refractivity contribution in [2.45, 2.75) is 92.4 Å². The molecule has 0 spiro atoms. The quantitative estimate of drug-likeness (QED) is 0.318. The second-order valence-corrected chi connectivity index (χ2v) is 10.6. The molecule has 0 N–H and O–H groups in total. The molecule has 37 heavy (non-hydrogen) atoms. The molecule has 3 nitrogen and oxygen atoms in total. The standard InChI is InChI=1S/C23H32O3.C11H14/c1-5-8-18(20(6-2)21(25)11-16(4)24)12-17-13-19-10-7-9-15(3)23(19)22(26)14-17;1-11-9-7-5-3-2-4-6-8-10-11/h7,9-10,17-18,20H,5-6,8,11-14H2,1-4H3;2-5,8-10H,6-7H2,1H3/b;4-2-,5-3-,10-8?,11-9?. The van der Waals surface area contributed by atoms with Gasteiger partial charge in [0, 0.05) is 17.9 Å². The molecular formula is C34H46O3. The number of fused-ring (bicyclic) bond motifs is 1. The maximum Gasteiger partial charge on any atom is 0.163 e. The first-order valence-corrected chi connectivity index (χ1v) is 14.0. The van der Waals surface area contributed by atoms with Crippen LogP contribution in [0.4, 0.5) is 0 Å². The van der Waals surface area contributed by atoms with E-state index in [2.05, 4.69) is 62.4 Å². The van der Waals surface area contributed by atoms with Crippen molar-refractivity contribution >= 4 is 17.3 Å². The summed E-state index contributed by atoms with van der Waals surface area (Å²) in [6.07, 6.45) is 22.4. The first-order valence-electron chi connectivity index (χ1n) is 14.0. The van der Waals surface area contributed by atoms with E-state index in [0.29, 0.717) is 12.3 Å². The van der Waals surface area contributed by atoms with Crippen LogP contribution in [0.3, 0.4) is 0 Å². The molecule has 0 saturated heterocycles. The van der Waals surface area contributed by atoms with Crippen molar-refractivity contribution in [3.05, 3.63) is 83.0 Å². The molecule has 0 aromatic heterocycles. The van der Waals surface area contributed by atoms with Gasteiger partial charge in [-0.3, -0.25) is 14.4 Å². The van der Waals surface area contributed by atoms with Crippen LogP contribution in [0.2, 0.25) is 0 Å². The second kappa shape index (κ2) is 16.1. The van der Waals surface area contributed by atoms with Crippen molar-refractivity contribution in [3.63, 3.8) is 0 Å². The molecule has 0 fully saturated rings. The molecule has 2 aliphatic carbocycles. The van der Waals surface area contributed by atoms with Gasteiger partial charge >= 0.3 is 0 Å². The van der Waals surface area contributed by atoms with E-state index in [0.717, 1.165) is 61.6 Å². The fourth-order valence-corrected chi connectivity index (χ4v) is 5.66. The molecule has 0 bridgehead atoms. The number of hydrogen-bond donors (Lipinski definition) is 0. The average Bonchev–Trinajstić information content (AvgIpc) is 2.83. The van der Waals surface area contributed by atoms with Gasteiger partial charge in [0.1, 0.15) is 11.6 Å². The normalized spacial score (nSPS) is 20.4. The SMILES string of the molecule is CC1=CC/C=C\C=C/CC=C1.CCCC(CC1CC(=O)c2c(C)cccc2C1)C(CC)C(=O)CC(C)=O. The summed E-state index contributed by atoms with van der Waals surface area (Å²) >= 11 is 0. The van der Waals surface area contributed by atoms with Crippen molar-refractivity contribution < 1.29 is 14.4 Å². The van der Waals surface area contributed by atoms with Gasteiger partial charge in [0.25, 0.3) is 0 Å². The largest absolute Gasteiger partial charge is 0.300 e. The van der Waals surface area contributed by atoms with Crippen molar-refractivity contribution in [3.8, 4) is 0 Å². The summed E-state index contributed by atoms with van der Waals surface area (Å²) < 4.78 is 0. The van der Waals surface area contributed by atoms with Gasteiger partial charge in [-0.15, -0.1) is 0 Å². The Morgan fingerprint density at radius 2 is 1.73 bits per heavy atom. The Morgan fingerprint density at radius 3 is 2.41 bits per heavy atom. The summed E-state index contributed by atoms with van der Waals surface area (Å²) in [6, 6.07) is 6.10. The molecule has 0 saturated carbocycles. The third kappa shape index (κ3) is 10.2. The van der Waals surface area contributed by atoms with Gasteiger partial charge < -0.3 is 0 Å². The van der Waals surface area contributed by atoms with Crippen LogP contribution in [0.5, 0.6) is 0 Å². The van der Waals surface area contributed by atoms with Crippen LogP contribution in [-0.2, 0) is 16.0 Å². The fourth-order valence-electron chi connectivity index (χ4n) is 5.66. The van der Waals surface area contributed by atoms with Gasteiger partial charge in [0.05, 0.1) is 6.42 Å². The Labute approximate surface area is 224 Å². The number of allylic oxidation sites excluding steroid dienone is 8. The zero-order valence-electron chi connectivity index (χ0n) is 23.6. The first kappa shape index (κ1) is 30.4. The highest BCUT2D eigenvalue weighted by Crippen LogP contribution is 2.36. The minimum absolute atomic E-state index is 0.0460. The molecule has 0 aliphatic heterocycles. The zero-order valence-corrected chi connectivity index (χ0v) is 23.6. The predicted molar refractivity (Wildman–Crippen MR) is 155 cm³/mol. The number of carbonyl (C=O) groups excluding carboxylic acids is 3. The second-order valence-electron chi connectivity index (χ2n) is 10.6. The summed E-state index contributed by atoms with van der Waals surface area (Å²) in [4.78, 5) is 36.6. The molecule has 3 atom stereocenters. The summed E-state index contributed by atoms with van der Waals surface area (Å²) in [6.45, 7) is 9.80. The number of Topliss-reactive ketones (excluding diaryl/α,β-unsaturated/α-hetero) is 3. The van der Waals surface area contributed by atoms with Crippen molar-refractivity contribution in [1.29, 1.82) is 0 Å². The number of rotatable bonds is 9. The maximum atomic E-state index is 12.7. The van der Waals surface area contributed by atoms with Crippen LogP contribution in [0.1, 0.15) is 101 Å². The summed E-state index contributed by atoms with van der Waals surface area (Å²) in [5.41, 5.74) is 4.49. The Bertz CT molecular complexity index is 1040.